The molecular formula is C8H8N2O4S. The Morgan fingerprint density at radius 3 is 2.73 bits per heavy atom. The molecule has 7 heteroatoms. The molecule has 2 rings (SSSR count). The van der Waals surface area contributed by atoms with Gasteiger partial charge in [0.1, 0.15) is 16.3 Å². The number of carbonyl (C=O) groups is 1. The first-order valence-electron chi connectivity index (χ1n) is 4.06. The van der Waals surface area contributed by atoms with E-state index in [9.17, 15) is 18.3 Å². The number of hydrogen-bond donors (Lipinski definition) is 2. The van der Waals surface area contributed by atoms with Gasteiger partial charge < -0.3 is 5.11 Å². The van der Waals surface area contributed by atoms with Gasteiger partial charge in [-0.15, -0.1) is 0 Å². The maximum atomic E-state index is 11.5. The van der Waals surface area contributed by atoms with Crippen LogP contribution in [0.1, 0.15) is 0 Å². The number of amides is 2. The minimum absolute atomic E-state index is 0.00116. The van der Waals surface area contributed by atoms with Crippen LogP contribution in [0.4, 0.5) is 10.5 Å². The molecule has 0 fully saturated rings. The van der Waals surface area contributed by atoms with E-state index in [0.29, 0.717) is 0 Å². The fraction of sp³-hybridized carbons (Fsp3) is 0.125. The van der Waals surface area contributed by atoms with Crippen LogP contribution in [0.25, 0.3) is 0 Å². The van der Waals surface area contributed by atoms with Gasteiger partial charge in [-0.1, -0.05) is 6.07 Å². The van der Waals surface area contributed by atoms with Crippen molar-refractivity contribution < 1.29 is 18.3 Å². The van der Waals surface area contributed by atoms with Crippen LogP contribution in [0.5, 0.6) is 5.75 Å². The molecule has 80 valence electrons. The van der Waals surface area contributed by atoms with Crippen molar-refractivity contribution in [2.75, 3.05) is 11.9 Å². The molecule has 0 saturated carbocycles. The van der Waals surface area contributed by atoms with Crippen LogP contribution in [0, 0.1) is 0 Å². The van der Waals surface area contributed by atoms with E-state index in [-0.39, 0.29) is 16.3 Å². The minimum Gasteiger partial charge on any atom is -0.506 e. The number of phenolic OH excluding ortho intramolecular Hbond substituents is 1. The largest absolute Gasteiger partial charge is 0.506 e. The lowest BCUT2D eigenvalue weighted by Gasteiger charge is -2.26. The van der Waals surface area contributed by atoms with Gasteiger partial charge in [0.2, 0.25) is 0 Å². The number of para-hydroxylation sites is 1. The smallest absolute Gasteiger partial charge is 0.335 e. The van der Waals surface area contributed by atoms with E-state index in [1.165, 1.54) is 25.2 Å². The van der Waals surface area contributed by atoms with Gasteiger partial charge in [0.05, 0.1) is 0 Å². The highest BCUT2D eigenvalue weighted by atomic mass is 32.2. The average molecular weight is 228 g/mol. The van der Waals surface area contributed by atoms with Crippen molar-refractivity contribution in [1.29, 1.82) is 0 Å². The SMILES string of the molecule is CN1C(=O)NS(=O)(=O)c2cccc(O)c21. The lowest BCUT2D eigenvalue weighted by molar-refractivity contribution is 0.251. The summed E-state index contributed by atoms with van der Waals surface area (Å²) in [5.41, 5.74) is 0.00116. The topological polar surface area (TPSA) is 86.7 Å². The van der Waals surface area contributed by atoms with Gasteiger partial charge in [0.25, 0.3) is 10.0 Å². The Labute approximate surface area is 86.2 Å². The Hall–Kier alpha value is -1.76. The predicted molar refractivity (Wildman–Crippen MR) is 52.2 cm³/mol. The van der Waals surface area contributed by atoms with E-state index in [0.717, 1.165) is 4.90 Å². The number of aromatic hydroxyl groups is 1. The molecule has 0 saturated heterocycles. The first kappa shape index (κ1) is 9.78. The zero-order valence-corrected chi connectivity index (χ0v) is 8.58. The van der Waals surface area contributed by atoms with Crippen molar-refractivity contribution in [3.63, 3.8) is 0 Å². The van der Waals surface area contributed by atoms with Crippen molar-refractivity contribution in [2.24, 2.45) is 0 Å². The zero-order valence-electron chi connectivity index (χ0n) is 7.76. The Morgan fingerprint density at radius 1 is 1.40 bits per heavy atom. The number of sulfonamides is 1. The molecule has 0 aromatic heterocycles. The number of nitrogens with one attached hydrogen (secondary N) is 1. The van der Waals surface area contributed by atoms with Gasteiger partial charge in [-0.3, -0.25) is 4.90 Å². The third-order valence-corrected chi connectivity index (χ3v) is 3.48. The maximum Gasteiger partial charge on any atom is 0.335 e. The Bertz CT molecular complexity index is 538. The molecule has 0 bridgehead atoms. The van der Waals surface area contributed by atoms with Crippen molar-refractivity contribution in [1.82, 2.24) is 4.72 Å². The summed E-state index contributed by atoms with van der Waals surface area (Å²) in [5.74, 6) is -0.242. The van der Waals surface area contributed by atoms with Gasteiger partial charge in [0.15, 0.2) is 0 Å². The summed E-state index contributed by atoms with van der Waals surface area (Å²) < 4.78 is 24.9. The van der Waals surface area contributed by atoms with Crippen molar-refractivity contribution >= 4 is 21.7 Å². The van der Waals surface area contributed by atoms with E-state index in [4.69, 9.17) is 0 Å². The van der Waals surface area contributed by atoms with Crippen molar-refractivity contribution in [3.8, 4) is 5.75 Å². The fourth-order valence-corrected chi connectivity index (χ4v) is 2.64. The molecule has 1 aliphatic rings. The van der Waals surface area contributed by atoms with Gasteiger partial charge in [0, 0.05) is 7.05 Å². The van der Waals surface area contributed by atoms with Gasteiger partial charge in [-0.25, -0.2) is 17.9 Å². The molecule has 2 N–H and O–H groups in total. The molecule has 15 heavy (non-hydrogen) atoms. The molecule has 1 aromatic carbocycles. The van der Waals surface area contributed by atoms with E-state index < -0.39 is 16.1 Å². The quantitative estimate of drug-likeness (QED) is 0.666. The molecule has 2 amide bonds. The Kier molecular flexibility index (Phi) is 1.87. The lowest BCUT2D eigenvalue weighted by atomic mass is 10.3. The van der Waals surface area contributed by atoms with Crippen LogP contribution in [-0.4, -0.2) is 26.6 Å². The van der Waals surface area contributed by atoms with Crippen LogP contribution in [-0.2, 0) is 10.0 Å². The molecule has 0 atom stereocenters. The highest BCUT2D eigenvalue weighted by Gasteiger charge is 2.33. The van der Waals surface area contributed by atoms with E-state index in [2.05, 4.69) is 0 Å². The molecule has 1 heterocycles. The number of fused-ring (bicyclic) bond motifs is 1. The summed E-state index contributed by atoms with van der Waals surface area (Å²) in [6.45, 7) is 0. The fourth-order valence-electron chi connectivity index (χ4n) is 1.40. The monoisotopic (exact) mass is 228 g/mol. The summed E-state index contributed by atoms with van der Waals surface area (Å²) in [6, 6.07) is 3.25. The zero-order chi connectivity index (χ0) is 11.2. The Balaban J connectivity index is 2.81. The van der Waals surface area contributed by atoms with Crippen molar-refractivity contribution in [2.45, 2.75) is 4.90 Å². The van der Waals surface area contributed by atoms with Crippen molar-refractivity contribution in [3.05, 3.63) is 18.2 Å². The molecule has 6 nitrogen and oxygen atoms in total. The normalized spacial score (nSPS) is 18.2. The van der Waals surface area contributed by atoms with Crippen LogP contribution >= 0.6 is 0 Å². The number of rotatable bonds is 0. The van der Waals surface area contributed by atoms with E-state index in [1.807, 2.05) is 4.72 Å². The number of nitrogens with zero attached hydrogens (tertiary/aromatic N) is 1. The third kappa shape index (κ3) is 1.32. The predicted octanol–water partition coefficient (Wildman–Crippen LogP) is 0.240. The molecule has 1 aromatic rings. The average Bonchev–Trinajstić information content (AvgIpc) is 2.14. The number of hydrogen-bond acceptors (Lipinski definition) is 4. The van der Waals surface area contributed by atoms with Gasteiger partial charge in [-0.05, 0) is 12.1 Å². The maximum absolute atomic E-state index is 11.5. The van der Waals surface area contributed by atoms with Crippen LogP contribution in [0.2, 0.25) is 0 Å². The third-order valence-electron chi connectivity index (χ3n) is 2.13. The number of carbonyl (C=O) groups excluding carboxylic acids is 1. The second-order valence-electron chi connectivity index (χ2n) is 3.09. The number of anilines is 1. The van der Waals surface area contributed by atoms with Gasteiger partial charge >= 0.3 is 6.03 Å². The number of phenols is 1. The first-order valence-corrected chi connectivity index (χ1v) is 5.54. The van der Waals surface area contributed by atoms with E-state index in [1.54, 1.807) is 0 Å². The molecule has 0 unspecified atom stereocenters. The highest BCUT2D eigenvalue weighted by molar-refractivity contribution is 7.90. The summed E-state index contributed by atoms with van der Waals surface area (Å²) in [7, 11) is -2.47. The standard InChI is InChI=1S/C8H8N2O4S/c1-10-7-5(11)3-2-4-6(7)15(13,14)9-8(10)12/h2-4,11H,1H3,(H,9,12). The Morgan fingerprint density at radius 2 is 2.07 bits per heavy atom. The molecular weight excluding hydrogens is 220 g/mol. The van der Waals surface area contributed by atoms with Crippen LogP contribution in [0.15, 0.2) is 23.1 Å². The van der Waals surface area contributed by atoms with Crippen LogP contribution in [0.3, 0.4) is 0 Å². The molecule has 0 radical (unpaired) electrons. The summed E-state index contributed by atoms with van der Waals surface area (Å²) in [4.78, 5) is 12.2. The minimum atomic E-state index is -3.85. The molecule has 0 spiro atoms. The second-order valence-corrected chi connectivity index (χ2v) is 4.74. The summed E-state index contributed by atoms with van der Waals surface area (Å²) >= 11 is 0. The van der Waals surface area contributed by atoms with E-state index >= 15 is 0 Å². The number of benzene rings is 1. The summed E-state index contributed by atoms with van der Waals surface area (Å²) in [6.07, 6.45) is 0. The second kappa shape index (κ2) is 2.86. The molecule has 1 aliphatic heterocycles. The lowest BCUT2D eigenvalue weighted by Crippen LogP contribution is -2.45. The summed E-state index contributed by atoms with van der Waals surface area (Å²) in [5, 5.41) is 9.49. The first-order chi connectivity index (χ1) is 6.93. The van der Waals surface area contributed by atoms with Gasteiger partial charge in [-0.2, -0.15) is 0 Å². The highest BCUT2D eigenvalue weighted by Crippen LogP contribution is 2.35. The molecule has 0 aliphatic carbocycles. The number of urea groups is 1. The van der Waals surface area contributed by atoms with Crippen LogP contribution < -0.4 is 9.62 Å².